The lowest BCUT2D eigenvalue weighted by molar-refractivity contribution is 0.0173. The largest absolute Gasteiger partial charge is 0.355 e. The number of hydrogen-bond donors (Lipinski definition) is 2. The van der Waals surface area contributed by atoms with E-state index in [1.165, 1.54) is 25.3 Å². The van der Waals surface area contributed by atoms with Gasteiger partial charge in [0.25, 0.3) is 0 Å². The second-order valence-corrected chi connectivity index (χ2v) is 8.09. The molecule has 0 bridgehead atoms. The second kappa shape index (κ2) is 9.65. The molecule has 1 aromatic carbocycles. The SMILES string of the molecule is CN=C(NCc1cc(F)ccc1F)NCC1(N2CCCCC2)CCN(C)CC1. The Hall–Kier alpha value is -1.73. The fraction of sp³-hybridized carbons (Fsp3) is 0.667. The van der Waals surface area contributed by atoms with Crippen LogP contribution in [0.3, 0.4) is 0 Å². The summed E-state index contributed by atoms with van der Waals surface area (Å²) in [5.74, 6) is -0.222. The van der Waals surface area contributed by atoms with Crippen LogP contribution in [-0.4, -0.2) is 68.1 Å². The summed E-state index contributed by atoms with van der Waals surface area (Å²) < 4.78 is 27.2. The van der Waals surface area contributed by atoms with Crippen molar-refractivity contribution in [1.29, 1.82) is 0 Å². The number of piperidine rings is 2. The summed E-state index contributed by atoms with van der Waals surface area (Å²) in [5, 5.41) is 6.58. The Labute approximate surface area is 167 Å². The minimum Gasteiger partial charge on any atom is -0.355 e. The highest BCUT2D eigenvalue weighted by molar-refractivity contribution is 5.79. The van der Waals surface area contributed by atoms with E-state index in [9.17, 15) is 8.78 Å². The topological polar surface area (TPSA) is 42.9 Å². The third-order valence-electron chi connectivity index (χ3n) is 6.21. The molecule has 3 rings (SSSR count). The lowest BCUT2D eigenvalue weighted by atomic mass is 9.84. The normalized spacial score (nSPS) is 21.5. The van der Waals surface area contributed by atoms with Gasteiger partial charge in [0.2, 0.25) is 0 Å². The van der Waals surface area contributed by atoms with Gasteiger partial charge < -0.3 is 15.5 Å². The van der Waals surface area contributed by atoms with E-state index < -0.39 is 11.6 Å². The monoisotopic (exact) mass is 393 g/mol. The van der Waals surface area contributed by atoms with E-state index in [1.807, 2.05) is 0 Å². The van der Waals surface area contributed by atoms with E-state index in [4.69, 9.17) is 0 Å². The molecule has 0 amide bonds. The summed E-state index contributed by atoms with van der Waals surface area (Å²) in [6.07, 6.45) is 6.12. The summed E-state index contributed by atoms with van der Waals surface area (Å²) in [7, 11) is 3.89. The molecule has 2 aliphatic heterocycles. The molecule has 0 atom stereocenters. The van der Waals surface area contributed by atoms with Crippen molar-refractivity contribution in [2.45, 2.75) is 44.2 Å². The van der Waals surface area contributed by atoms with Crippen LogP contribution in [0.2, 0.25) is 0 Å². The van der Waals surface area contributed by atoms with Gasteiger partial charge in [-0.05, 0) is 77.1 Å². The number of halogens is 2. The fourth-order valence-corrected chi connectivity index (χ4v) is 4.33. The summed E-state index contributed by atoms with van der Waals surface area (Å²) in [5.41, 5.74) is 0.433. The summed E-state index contributed by atoms with van der Waals surface area (Å²) >= 11 is 0. The molecular formula is C21H33F2N5. The Bertz CT molecular complexity index is 665. The first-order chi connectivity index (χ1) is 13.5. The van der Waals surface area contributed by atoms with Gasteiger partial charge in [0.15, 0.2) is 5.96 Å². The van der Waals surface area contributed by atoms with Crippen molar-refractivity contribution in [3.8, 4) is 0 Å². The molecule has 0 aromatic heterocycles. The molecule has 7 heteroatoms. The van der Waals surface area contributed by atoms with E-state index >= 15 is 0 Å². The zero-order valence-corrected chi connectivity index (χ0v) is 17.1. The number of aliphatic imine (C=N–C) groups is 1. The summed E-state index contributed by atoms with van der Waals surface area (Å²) in [4.78, 5) is 9.33. The smallest absolute Gasteiger partial charge is 0.191 e. The number of nitrogens with zero attached hydrogens (tertiary/aromatic N) is 3. The van der Waals surface area contributed by atoms with Crippen molar-refractivity contribution in [3.63, 3.8) is 0 Å². The Morgan fingerprint density at radius 1 is 1.07 bits per heavy atom. The Morgan fingerprint density at radius 2 is 1.79 bits per heavy atom. The van der Waals surface area contributed by atoms with Crippen LogP contribution in [0.4, 0.5) is 8.78 Å². The van der Waals surface area contributed by atoms with Gasteiger partial charge in [-0.25, -0.2) is 8.78 Å². The third-order valence-corrected chi connectivity index (χ3v) is 6.21. The molecular weight excluding hydrogens is 360 g/mol. The van der Waals surface area contributed by atoms with Gasteiger partial charge in [-0.3, -0.25) is 9.89 Å². The van der Waals surface area contributed by atoms with E-state index in [2.05, 4.69) is 32.5 Å². The van der Waals surface area contributed by atoms with Crippen molar-refractivity contribution >= 4 is 5.96 Å². The van der Waals surface area contributed by atoms with E-state index in [1.54, 1.807) is 7.05 Å². The van der Waals surface area contributed by atoms with Crippen LogP contribution in [0, 0.1) is 11.6 Å². The van der Waals surface area contributed by atoms with E-state index in [0.29, 0.717) is 11.5 Å². The Kier molecular flexibility index (Phi) is 7.24. The van der Waals surface area contributed by atoms with Gasteiger partial charge in [0, 0.05) is 31.2 Å². The van der Waals surface area contributed by atoms with Gasteiger partial charge >= 0.3 is 0 Å². The van der Waals surface area contributed by atoms with Gasteiger partial charge in [-0.2, -0.15) is 0 Å². The third kappa shape index (κ3) is 5.20. The van der Waals surface area contributed by atoms with Crippen LogP contribution in [0.15, 0.2) is 23.2 Å². The zero-order valence-electron chi connectivity index (χ0n) is 17.1. The Balaban J connectivity index is 1.61. The maximum Gasteiger partial charge on any atom is 0.191 e. The van der Waals surface area contributed by atoms with Crippen LogP contribution in [-0.2, 0) is 6.54 Å². The molecule has 0 saturated carbocycles. The average Bonchev–Trinajstić information content (AvgIpc) is 2.72. The molecule has 5 nitrogen and oxygen atoms in total. The number of rotatable bonds is 5. The lowest BCUT2D eigenvalue weighted by Crippen LogP contribution is -2.62. The minimum atomic E-state index is -0.434. The van der Waals surface area contributed by atoms with E-state index in [0.717, 1.165) is 57.7 Å². The lowest BCUT2D eigenvalue weighted by Gasteiger charge is -2.50. The quantitative estimate of drug-likeness (QED) is 0.596. The van der Waals surface area contributed by atoms with Crippen LogP contribution in [0.1, 0.15) is 37.7 Å². The maximum atomic E-state index is 13.9. The molecule has 1 aromatic rings. The maximum absolute atomic E-state index is 13.9. The van der Waals surface area contributed by atoms with Crippen LogP contribution >= 0.6 is 0 Å². The zero-order chi connectivity index (χ0) is 20.0. The standard InChI is InChI=1S/C21H33F2N5/c1-24-20(25-15-17-14-18(22)6-7-19(17)23)26-16-21(8-12-27(2)13-9-21)28-10-4-3-5-11-28/h6-7,14H,3-5,8-13,15-16H2,1-2H3,(H2,24,25,26). The van der Waals surface area contributed by atoms with Crippen molar-refractivity contribution in [1.82, 2.24) is 20.4 Å². The van der Waals surface area contributed by atoms with Crippen LogP contribution in [0.5, 0.6) is 0 Å². The first kappa shape index (κ1) is 21.0. The molecule has 2 saturated heterocycles. The first-order valence-electron chi connectivity index (χ1n) is 10.3. The number of guanidine groups is 1. The van der Waals surface area contributed by atoms with Crippen LogP contribution in [0.25, 0.3) is 0 Å². The van der Waals surface area contributed by atoms with Crippen molar-refractivity contribution in [2.24, 2.45) is 4.99 Å². The molecule has 2 fully saturated rings. The molecule has 0 radical (unpaired) electrons. The first-order valence-corrected chi connectivity index (χ1v) is 10.3. The average molecular weight is 394 g/mol. The highest BCUT2D eigenvalue weighted by Gasteiger charge is 2.39. The predicted molar refractivity (Wildman–Crippen MR) is 109 cm³/mol. The highest BCUT2D eigenvalue weighted by Crippen LogP contribution is 2.30. The van der Waals surface area contributed by atoms with Crippen molar-refractivity contribution in [3.05, 3.63) is 35.4 Å². The fourth-order valence-electron chi connectivity index (χ4n) is 4.33. The van der Waals surface area contributed by atoms with Gasteiger partial charge in [-0.1, -0.05) is 6.42 Å². The predicted octanol–water partition coefficient (Wildman–Crippen LogP) is 2.58. The van der Waals surface area contributed by atoms with Gasteiger partial charge in [-0.15, -0.1) is 0 Å². The molecule has 156 valence electrons. The number of hydrogen-bond acceptors (Lipinski definition) is 3. The number of nitrogens with one attached hydrogen (secondary N) is 2. The van der Waals surface area contributed by atoms with Crippen molar-refractivity contribution in [2.75, 3.05) is 46.8 Å². The molecule has 0 aliphatic carbocycles. The minimum absolute atomic E-state index is 0.134. The summed E-state index contributed by atoms with van der Waals surface area (Å²) in [6.45, 7) is 5.52. The highest BCUT2D eigenvalue weighted by atomic mass is 19.1. The molecule has 0 spiro atoms. The second-order valence-electron chi connectivity index (χ2n) is 8.09. The van der Waals surface area contributed by atoms with Crippen molar-refractivity contribution < 1.29 is 8.78 Å². The molecule has 0 unspecified atom stereocenters. The van der Waals surface area contributed by atoms with Gasteiger partial charge in [0.05, 0.1) is 0 Å². The molecule has 2 N–H and O–H groups in total. The van der Waals surface area contributed by atoms with Gasteiger partial charge in [0.1, 0.15) is 11.6 Å². The van der Waals surface area contributed by atoms with E-state index in [-0.39, 0.29) is 12.1 Å². The number of likely N-dealkylation sites (tertiary alicyclic amines) is 2. The van der Waals surface area contributed by atoms with Crippen LogP contribution < -0.4 is 10.6 Å². The molecule has 28 heavy (non-hydrogen) atoms. The molecule has 2 heterocycles. The molecule has 2 aliphatic rings. The number of benzene rings is 1. The Morgan fingerprint density at radius 3 is 2.46 bits per heavy atom. The summed E-state index contributed by atoms with van der Waals surface area (Å²) in [6, 6.07) is 3.52.